The van der Waals surface area contributed by atoms with E-state index in [1.165, 1.54) is 63.8 Å². The Kier molecular flexibility index (Phi) is 5.14. The van der Waals surface area contributed by atoms with Crippen LogP contribution in [-0.2, 0) is 4.84 Å². The molecule has 1 aliphatic carbocycles. The molecule has 1 aromatic carbocycles. The van der Waals surface area contributed by atoms with Gasteiger partial charge in [-0.3, -0.25) is 9.80 Å². The quantitative estimate of drug-likeness (QED) is 0.850. The third-order valence-corrected chi connectivity index (χ3v) is 5.77. The van der Waals surface area contributed by atoms with E-state index in [4.69, 9.17) is 4.84 Å². The van der Waals surface area contributed by atoms with Gasteiger partial charge in [-0.05, 0) is 37.9 Å². The first-order valence-corrected chi connectivity index (χ1v) is 9.63. The van der Waals surface area contributed by atoms with Crippen molar-refractivity contribution in [3.63, 3.8) is 0 Å². The van der Waals surface area contributed by atoms with Crippen molar-refractivity contribution in [2.45, 2.75) is 50.7 Å². The van der Waals surface area contributed by atoms with Crippen LogP contribution in [-0.4, -0.2) is 60.4 Å². The third kappa shape index (κ3) is 3.81. The fourth-order valence-corrected chi connectivity index (χ4v) is 4.42. The Balaban J connectivity index is 1.26. The summed E-state index contributed by atoms with van der Waals surface area (Å²) in [4.78, 5) is 11.1. The second-order valence-corrected chi connectivity index (χ2v) is 7.46. The van der Waals surface area contributed by atoms with Gasteiger partial charge in [0.05, 0.1) is 5.71 Å². The Morgan fingerprint density at radius 3 is 2.62 bits per heavy atom. The van der Waals surface area contributed by atoms with Gasteiger partial charge in [-0.25, -0.2) is 0 Å². The lowest BCUT2D eigenvalue weighted by Gasteiger charge is -2.27. The number of hydrogen-bond donors (Lipinski definition) is 0. The summed E-state index contributed by atoms with van der Waals surface area (Å²) < 4.78 is 0. The summed E-state index contributed by atoms with van der Waals surface area (Å²) in [6, 6.07) is 11.3. The maximum atomic E-state index is 5.72. The van der Waals surface area contributed by atoms with Gasteiger partial charge in [0.25, 0.3) is 0 Å². The SMILES string of the molecule is c1ccc(C2=NOC(CN3CCCN(C4CCCC4)CC3)C2)cc1. The van der Waals surface area contributed by atoms with Gasteiger partial charge in [-0.2, -0.15) is 0 Å². The molecule has 3 aliphatic rings. The molecule has 0 spiro atoms. The first-order valence-electron chi connectivity index (χ1n) is 9.63. The van der Waals surface area contributed by atoms with Crippen LogP contribution >= 0.6 is 0 Å². The van der Waals surface area contributed by atoms with E-state index in [-0.39, 0.29) is 6.10 Å². The topological polar surface area (TPSA) is 28.1 Å². The second kappa shape index (κ2) is 7.66. The summed E-state index contributed by atoms with van der Waals surface area (Å²) in [7, 11) is 0. The van der Waals surface area contributed by atoms with Crippen LogP contribution in [0.25, 0.3) is 0 Å². The third-order valence-electron chi connectivity index (χ3n) is 5.77. The Labute approximate surface area is 145 Å². The molecular formula is C20H29N3O. The molecule has 0 bridgehead atoms. The zero-order valence-corrected chi connectivity index (χ0v) is 14.6. The number of benzene rings is 1. The molecule has 1 saturated heterocycles. The monoisotopic (exact) mass is 327 g/mol. The van der Waals surface area contributed by atoms with Crippen LogP contribution in [0.2, 0.25) is 0 Å². The van der Waals surface area contributed by atoms with E-state index < -0.39 is 0 Å². The molecule has 1 unspecified atom stereocenters. The molecule has 1 atom stereocenters. The minimum absolute atomic E-state index is 0.221. The summed E-state index contributed by atoms with van der Waals surface area (Å²) in [6.07, 6.45) is 8.14. The van der Waals surface area contributed by atoms with Crippen molar-refractivity contribution in [1.29, 1.82) is 0 Å². The highest BCUT2D eigenvalue weighted by Gasteiger charge is 2.28. The molecule has 0 N–H and O–H groups in total. The van der Waals surface area contributed by atoms with Crippen molar-refractivity contribution >= 4 is 5.71 Å². The van der Waals surface area contributed by atoms with Crippen molar-refractivity contribution < 1.29 is 4.84 Å². The molecule has 2 aliphatic heterocycles. The molecule has 0 radical (unpaired) electrons. The molecule has 4 nitrogen and oxygen atoms in total. The van der Waals surface area contributed by atoms with Gasteiger partial charge in [-0.15, -0.1) is 0 Å². The molecule has 2 fully saturated rings. The van der Waals surface area contributed by atoms with E-state index in [0.29, 0.717) is 0 Å². The van der Waals surface area contributed by atoms with E-state index in [2.05, 4.69) is 39.2 Å². The van der Waals surface area contributed by atoms with E-state index in [9.17, 15) is 0 Å². The highest BCUT2D eigenvalue weighted by Crippen LogP contribution is 2.25. The van der Waals surface area contributed by atoms with Crippen LogP contribution < -0.4 is 0 Å². The van der Waals surface area contributed by atoms with Gasteiger partial charge in [0, 0.05) is 32.1 Å². The van der Waals surface area contributed by atoms with E-state index >= 15 is 0 Å². The summed E-state index contributed by atoms with van der Waals surface area (Å²) >= 11 is 0. The zero-order chi connectivity index (χ0) is 16.2. The van der Waals surface area contributed by atoms with Crippen LogP contribution in [0.5, 0.6) is 0 Å². The van der Waals surface area contributed by atoms with Gasteiger partial charge >= 0.3 is 0 Å². The lowest BCUT2D eigenvalue weighted by Crippen LogP contribution is -2.38. The first kappa shape index (κ1) is 16.1. The Morgan fingerprint density at radius 2 is 1.79 bits per heavy atom. The maximum absolute atomic E-state index is 5.72. The molecule has 1 aromatic rings. The standard InChI is InChI=1S/C20H29N3O/c1-2-7-17(8-3-1)20-15-19(24-21-20)16-22-11-6-12-23(14-13-22)18-9-4-5-10-18/h1-3,7-8,18-19H,4-6,9-16H2. The van der Waals surface area contributed by atoms with Crippen LogP contribution in [0.3, 0.4) is 0 Å². The number of hydrogen-bond acceptors (Lipinski definition) is 4. The second-order valence-electron chi connectivity index (χ2n) is 7.46. The van der Waals surface area contributed by atoms with Crippen LogP contribution in [0.1, 0.15) is 44.1 Å². The minimum atomic E-state index is 0.221. The zero-order valence-electron chi connectivity index (χ0n) is 14.6. The van der Waals surface area contributed by atoms with Gasteiger partial charge in [0.2, 0.25) is 0 Å². The van der Waals surface area contributed by atoms with Crippen LogP contribution in [0.15, 0.2) is 35.5 Å². The predicted octanol–water partition coefficient (Wildman–Crippen LogP) is 3.13. The van der Waals surface area contributed by atoms with Crippen molar-refractivity contribution in [2.24, 2.45) is 5.16 Å². The fraction of sp³-hybridized carbons (Fsp3) is 0.650. The van der Waals surface area contributed by atoms with Gasteiger partial charge in [0.1, 0.15) is 6.10 Å². The Hall–Kier alpha value is -1.39. The Bertz CT molecular complexity index is 553. The smallest absolute Gasteiger partial charge is 0.145 e. The van der Waals surface area contributed by atoms with E-state index in [0.717, 1.165) is 24.7 Å². The maximum Gasteiger partial charge on any atom is 0.145 e. The van der Waals surface area contributed by atoms with Gasteiger partial charge in [-0.1, -0.05) is 48.3 Å². The summed E-state index contributed by atoms with van der Waals surface area (Å²) in [6.45, 7) is 5.89. The predicted molar refractivity (Wildman–Crippen MR) is 97.4 cm³/mol. The normalized spacial score (nSPS) is 27.0. The lowest BCUT2D eigenvalue weighted by molar-refractivity contribution is 0.0531. The summed E-state index contributed by atoms with van der Waals surface area (Å²) in [5, 5.41) is 4.33. The average molecular weight is 327 g/mol. The molecule has 4 heteroatoms. The van der Waals surface area contributed by atoms with Crippen molar-refractivity contribution in [2.75, 3.05) is 32.7 Å². The number of rotatable bonds is 4. The number of oxime groups is 1. The molecule has 1 saturated carbocycles. The first-order chi connectivity index (χ1) is 11.9. The minimum Gasteiger partial charge on any atom is -0.390 e. The molecule has 130 valence electrons. The van der Waals surface area contributed by atoms with Crippen molar-refractivity contribution in [3.8, 4) is 0 Å². The lowest BCUT2D eigenvalue weighted by atomic mass is 10.0. The molecular weight excluding hydrogens is 298 g/mol. The highest BCUT2D eigenvalue weighted by atomic mass is 16.6. The molecule has 2 heterocycles. The largest absolute Gasteiger partial charge is 0.390 e. The van der Waals surface area contributed by atoms with Crippen LogP contribution in [0, 0.1) is 0 Å². The average Bonchev–Trinajstić information content (AvgIpc) is 3.26. The summed E-state index contributed by atoms with van der Waals surface area (Å²) in [5.74, 6) is 0. The van der Waals surface area contributed by atoms with Crippen LogP contribution in [0.4, 0.5) is 0 Å². The van der Waals surface area contributed by atoms with E-state index in [1.807, 2.05) is 6.07 Å². The molecule has 4 rings (SSSR count). The van der Waals surface area contributed by atoms with Gasteiger partial charge < -0.3 is 4.84 Å². The fourth-order valence-electron chi connectivity index (χ4n) is 4.42. The Morgan fingerprint density at radius 1 is 0.958 bits per heavy atom. The van der Waals surface area contributed by atoms with Crippen molar-refractivity contribution in [1.82, 2.24) is 9.80 Å². The van der Waals surface area contributed by atoms with Gasteiger partial charge in [0.15, 0.2) is 0 Å². The number of nitrogens with zero attached hydrogens (tertiary/aromatic N) is 3. The molecule has 0 aromatic heterocycles. The summed E-state index contributed by atoms with van der Waals surface area (Å²) in [5.41, 5.74) is 2.30. The molecule has 24 heavy (non-hydrogen) atoms. The van der Waals surface area contributed by atoms with E-state index in [1.54, 1.807) is 0 Å². The molecule has 0 amide bonds. The highest BCUT2D eigenvalue weighted by molar-refractivity contribution is 6.01. The van der Waals surface area contributed by atoms with Crippen molar-refractivity contribution in [3.05, 3.63) is 35.9 Å².